The highest BCUT2D eigenvalue weighted by Gasteiger charge is 2.43. The Morgan fingerprint density at radius 3 is 2.52 bits per heavy atom. The van der Waals surface area contributed by atoms with E-state index in [1.54, 1.807) is 6.20 Å². The maximum atomic E-state index is 12.8. The Kier molecular flexibility index (Phi) is 8.50. The highest BCUT2D eigenvalue weighted by molar-refractivity contribution is 9.10. The van der Waals surface area contributed by atoms with Gasteiger partial charge < -0.3 is 14.2 Å². The van der Waals surface area contributed by atoms with Crippen LogP contribution in [0.3, 0.4) is 0 Å². The largest absolute Gasteiger partial charge is 0.598 e. The zero-order valence-corrected chi connectivity index (χ0v) is 22.5. The second-order valence-corrected chi connectivity index (χ2v) is 13.9. The average Bonchev–Trinajstić information content (AvgIpc) is 2.91. The van der Waals surface area contributed by atoms with Crippen molar-refractivity contribution >= 4 is 33.4 Å². The molecule has 1 aliphatic heterocycles. The van der Waals surface area contributed by atoms with Gasteiger partial charge in [-0.1, -0.05) is 0 Å². The summed E-state index contributed by atoms with van der Waals surface area (Å²) < 4.78 is 22.2. The van der Waals surface area contributed by atoms with Crippen LogP contribution < -0.4 is 4.72 Å². The van der Waals surface area contributed by atoms with Crippen LogP contribution in [0.25, 0.3) is 0 Å². The fraction of sp³-hybridized carbons (Fsp3) is 0.739. The molecule has 0 saturated carbocycles. The van der Waals surface area contributed by atoms with E-state index in [0.717, 1.165) is 29.4 Å². The number of hydrogen-bond acceptors (Lipinski definition) is 5. The quantitative estimate of drug-likeness (QED) is 0.487. The fourth-order valence-corrected chi connectivity index (χ4v) is 4.87. The van der Waals surface area contributed by atoms with E-state index in [1.807, 2.05) is 58.6 Å². The number of amides is 1. The molecule has 1 aliphatic rings. The van der Waals surface area contributed by atoms with Gasteiger partial charge in [0.15, 0.2) is 0 Å². The lowest BCUT2D eigenvalue weighted by atomic mass is 9.91. The summed E-state index contributed by atoms with van der Waals surface area (Å²) in [6.07, 6.45) is 4.12. The Hall–Kier alpha value is -0.830. The van der Waals surface area contributed by atoms with Gasteiger partial charge in [-0.25, -0.2) is 4.79 Å². The third-order valence-electron chi connectivity index (χ3n) is 5.35. The molecule has 1 saturated heterocycles. The van der Waals surface area contributed by atoms with E-state index in [2.05, 4.69) is 39.5 Å². The Balaban J connectivity index is 2.08. The highest BCUT2D eigenvalue weighted by Crippen LogP contribution is 2.37. The monoisotopic (exact) mass is 515 g/mol. The number of carbonyl (C=O) groups excluding carboxylic acids is 1. The molecule has 3 atom stereocenters. The van der Waals surface area contributed by atoms with Gasteiger partial charge in [0.25, 0.3) is 0 Å². The molecular formula is C23H38BrN3O3S. The topological polar surface area (TPSA) is 77.5 Å². The molecule has 1 aromatic heterocycles. The number of likely N-dealkylation sites (tertiary alicyclic amines) is 1. The Morgan fingerprint density at radius 1 is 1.35 bits per heavy atom. The molecule has 0 aliphatic carbocycles. The molecule has 2 unspecified atom stereocenters. The molecule has 176 valence electrons. The minimum absolute atomic E-state index is 0.119. The van der Waals surface area contributed by atoms with Crippen molar-refractivity contribution in [3.8, 4) is 0 Å². The maximum absolute atomic E-state index is 12.8. The number of halogens is 1. The Labute approximate surface area is 199 Å². The van der Waals surface area contributed by atoms with Crippen LogP contribution in [0.1, 0.15) is 86.4 Å². The van der Waals surface area contributed by atoms with Crippen LogP contribution in [0.5, 0.6) is 0 Å². The van der Waals surface area contributed by atoms with Gasteiger partial charge in [0, 0.05) is 34.1 Å². The lowest BCUT2D eigenvalue weighted by molar-refractivity contribution is 0.0131. The van der Waals surface area contributed by atoms with E-state index >= 15 is 0 Å². The van der Waals surface area contributed by atoms with Crippen molar-refractivity contribution in [3.63, 3.8) is 0 Å². The lowest BCUT2D eigenvalue weighted by Gasteiger charge is -2.33. The number of carbonyl (C=O) groups is 1. The molecular weight excluding hydrogens is 478 g/mol. The molecule has 8 heteroatoms. The Morgan fingerprint density at radius 2 is 2.00 bits per heavy atom. The van der Waals surface area contributed by atoms with Gasteiger partial charge in [-0.2, -0.15) is 0 Å². The van der Waals surface area contributed by atoms with Gasteiger partial charge in [-0.3, -0.25) is 4.98 Å². The standard InChI is InChI=1S/C23H38BrN3O3S/c1-21(2,3)30-20(28)27-15-16(13-23(27,7)8)9-11-19(26-31(29)22(4,5)6)18-12-10-17(24)14-25-18/h10,12,14,16,19,26H,9,11,13,15H2,1-8H3/t16-,19?,31?/m0/s1. The number of nitrogens with one attached hydrogen (secondary N) is 1. The molecule has 2 heterocycles. The van der Waals surface area contributed by atoms with Crippen LogP contribution >= 0.6 is 15.9 Å². The van der Waals surface area contributed by atoms with E-state index in [1.165, 1.54) is 0 Å². The first-order chi connectivity index (χ1) is 14.1. The van der Waals surface area contributed by atoms with E-state index in [4.69, 9.17) is 4.74 Å². The summed E-state index contributed by atoms with van der Waals surface area (Å²) in [6, 6.07) is 3.81. The summed E-state index contributed by atoms with van der Waals surface area (Å²) in [6.45, 7) is 16.4. The van der Waals surface area contributed by atoms with E-state index < -0.39 is 17.0 Å². The van der Waals surface area contributed by atoms with Gasteiger partial charge in [-0.15, -0.1) is 4.72 Å². The number of hydrogen-bond donors (Lipinski definition) is 1. The van der Waals surface area contributed by atoms with Crippen LogP contribution in [0, 0.1) is 5.92 Å². The van der Waals surface area contributed by atoms with Gasteiger partial charge in [0.2, 0.25) is 0 Å². The number of rotatable bonds is 6. The van der Waals surface area contributed by atoms with E-state index in [0.29, 0.717) is 12.5 Å². The number of aromatic nitrogens is 1. The first kappa shape index (κ1) is 26.4. The second kappa shape index (κ2) is 9.98. The molecule has 0 aromatic carbocycles. The predicted octanol–water partition coefficient (Wildman–Crippen LogP) is 5.75. The lowest BCUT2D eigenvalue weighted by Crippen LogP contribution is -2.45. The molecule has 1 aromatic rings. The summed E-state index contributed by atoms with van der Waals surface area (Å²) in [5.74, 6) is 0.352. The van der Waals surface area contributed by atoms with Crippen LogP contribution in [-0.4, -0.2) is 43.0 Å². The summed E-state index contributed by atoms with van der Waals surface area (Å²) in [7, 11) is 0. The third-order valence-corrected chi connectivity index (χ3v) is 7.43. The van der Waals surface area contributed by atoms with Crippen LogP contribution in [0.2, 0.25) is 0 Å². The van der Waals surface area contributed by atoms with Crippen molar-refractivity contribution in [1.82, 2.24) is 14.6 Å². The predicted molar refractivity (Wildman–Crippen MR) is 130 cm³/mol. The number of nitrogens with zero attached hydrogens (tertiary/aromatic N) is 2. The van der Waals surface area contributed by atoms with Crippen molar-refractivity contribution < 1.29 is 14.1 Å². The molecule has 0 bridgehead atoms. The van der Waals surface area contributed by atoms with Crippen LogP contribution in [-0.2, 0) is 16.1 Å². The molecule has 31 heavy (non-hydrogen) atoms. The van der Waals surface area contributed by atoms with Gasteiger partial charge >= 0.3 is 6.09 Å². The number of pyridine rings is 1. The summed E-state index contributed by atoms with van der Waals surface area (Å²) in [4.78, 5) is 19.1. The molecule has 0 spiro atoms. The summed E-state index contributed by atoms with van der Waals surface area (Å²) in [5.41, 5.74) is 0.118. The summed E-state index contributed by atoms with van der Waals surface area (Å²) in [5, 5.41) is 0. The van der Waals surface area contributed by atoms with Gasteiger partial charge in [-0.05, 0) is 109 Å². The highest BCUT2D eigenvalue weighted by atomic mass is 79.9. The van der Waals surface area contributed by atoms with E-state index in [-0.39, 0.29) is 22.4 Å². The van der Waals surface area contributed by atoms with E-state index in [9.17, 15) is 9.35 Å². The average molecular weight is 517 g/mol. The second-order valence-electron chi connectivity index (χ2n) is 11.0. The maximum Gasteiger partial charge on any atom is 0.410 e. The molecule has 1 amide bonds. The minimum atomic E-state index is -1.20. The molecule has 0 radical (unpaired) electrons. The van der Waals surface area contributed by atoms with Crippen molar-refractivity contribution in [3.05, 3.63) is 28.5 Å². The molecule has 2 rings (SSSR count). The van der Waals surface area contributed by atoms with Gasteiger partial charge in [0.05, 0.1) is 11.7 Å². The van der Waals surface area contributed by atoms with Crippen molar-refractivity contribution in [2.45, 2.75) is 96.6 Å². The van der Waals surface area contributed by atoms with Crippen LogP contribution in [0.15, 0.2) is 22.8 Å². The third kappa shape index (κ3) is 7.91. The Bertz CT molecular complexity index is 744. The smallest absolute Gasteiger partial charge is 0.410 e. The summed E-state index contributed by atoms with van der Waals surface area (Å²) >= 11 is 2.23. The molecule has 6 nitrogen and oxygen atoms in total. The zero-order valence-electron chi connectivity index (χ0n) is 20.1. The molecule has 1 fully saturated rings. The fourth-order valence-electron chi connectivity index (χ4n) is 3.79. The SMILES string of the molecule is CC(C)(C)OC(=O)N1C[C@@H](CCC(N[S+]([O-])C(C)(C)C)c2ccc(Br)cn2)CC1(C)C. The van der Waals surface area contributed by atoms with Crippen LogP contribution in [0.4, 0.5) is 4.79 Å². The normalized spacial score (nSPS) is 21.1. The van der Waals surface area contributed by atoms with Crippen molar-refractivity contribution in [2.24, 2.45) is 5.92 Å². The van der Waals surface area contributed by atoms with Crippen molar-refractivity contribution in [1.29, 1.82) is 0 Å². The first-order valence-corrected chi connectivity index (χ1v) is 12.8. The number of ether oxygens (including phenoxy) is 1. The zero-order chi connectivity index (χ0) is 23.6. The van der Waals surface area contributed by atoms with Crippen molar-refractivity contribution in [2.75, 3.05) is 6.54 Å². The molecule has 1 N–H and O–H groups in total. The van der Waals surface area contributed by atoms with Gasteiger partial charge in [0.1, 0.15) is 10.3 Å². The minimum Gasteiger partial charge on any atom is -0.598 e. The first-order valence-electron chi connectivity index (χ1n) is 10.9.